The molecule has 2 aromatic carbocycles. The molecule has 29 heavy (non-hydrogen) atoms. The van der Waals surface area contributed by atoms with Crippen LogP contribution in [0.25, 0.3) is 5.57 Å². The number of allylic oxidation sites excluding steroid dienone is 2. The summed E-state index contributed by atoms with van der Waals surface area (Å²) in [6.45, 7) is 1.44. The van der Waals surface area contributed by atoms with Crippen LogP contribution in [0.1, 0.15) is 43.2 Å². The van der Waals surface area contributed by atoms with Crippen molar-refractivity contribution in [2.45, 2.75) is 38.7 Å². The van der Waals surface area contributed by atoms with Gasteiger partial charge in [-0.3, -0.25) is 5.01 Å². The lowest BCUT2D eigenvalue weighted by Crippen LogP contribution is -2.37. The van der Waals surface area contributed by atoms with Crippen molar-refractivity contribution in [3.8, 4) is 5.75 Å². The van der Waals surface area contributed by atoms with Crippen molar-refractivity contribution in [1.82, 2.24) is 10.4 Å². The largest absolute Gasteiger partial charge is 0.489 e. The summed E-state index contributed by atoms with van der Waals surface area (Å²) in [5.74, 6) is 2.52. The number of nitrogens with zero attached hydrogens (tertiary/aromatic N) is 2. The molecule has 2 aliphatic heterocycles. The second kappa shape index (κ2) is 8.26. The van der Waals surface area contributed by atoms with Gasteiger partial charge in [-0.1, -0.05) is 61.7 Å². The van der Waals surface area contributed by atoms with Gasteiger partial charge >= 0.3 is 0 Å². The van der Waals surface area contributed by atoms with E-state index in [-0.39, 0.29) is 0 Å². The molecule has 2 heterocycles. The van der Waals surface area contributed by atoms with E-state index < -0.39 is 0 Å². The van der Waals surface area contributed by atoms with Crippen LogP contribution < -0.4 is 10.2 Å². The molecule has 5 rings (SSSR count). The molecule has 0 unspecified atom stereocenters. The van der Waals surface area contributed by atoms with Crippen molar-refractivity contribution in [2.75, 3.05) is 6.54 Å². The van der Waals surface area contributed by atoms with Crippen molar-refractivity contribution < 1.29 is 4.74 Å². The van der Waals surface area contributed by atoms with Gasteiger partial charge in [-0.05, 0) is 42.2 Å². The van der Waals surface area contributed by atoms with Gasteiger partial charge in [0.05, 0.1) is 0 Å². The number of hydrogen-bond donors (Lipinski definition) is 1. The van der Waals surface area contributed by atoms with E-state index in [2.05, 4.69) is 59.1 Å². The van der Waals surface area contributed by atoms with Crippen molar-refractivity contribution in [3.63, 3.8) is 0 Å². The van der Waals surface area contributed by atoms with Crippen LogP contribution >= 0.6 is 0 Å². The molecular formula is C25H27N3O. The molecule has 1 aliphatic carbocycles. The SMILES string of the molecule is C1=NC2=CCNN2C(C2CCCCC2)=C1c1ccc(OCc2ccccc2)cc1. The number of hydrogen-bond acceptors (Lipinski definition) is 4. The van der Waals surface area contributed by atoms with E-state index in [1.807, 2.05) is 18.2 Å². The third kappa shape index (κ3) is 3.85. The van der Waals surface area contributed by atoms with Gasteiger partial charge in [0.2, 0.25) is 0 Å². The molecule has 2 aromatic rings. The second-order valence-electron chi connectivity index (χ2n) is 7.95. The Kier molecular flexibility index (Phi) is 5.18. The Hall–Kier alpha value is -2.85. The van der Waals surface area contributed by atoms with Gasteiger partial charge in [0, 0.05) is 29.9 Å². The highest BCUT2D eigenvalue weighted by atomic mass is 16.5. The van der Waals surface area contributed by atoms with Crippen molar-refractivity contribution in [1.29, 1.82) is 0 Å². The third-order valence-electron chi connectivity index (χ3n) is 6.01. The topological polar surface area (TPSA) is 36.9 Å². The fourth-order valence-corrected chi connectivity index (χ4v) is 4.51. The highest BCUT2D eigenvalue weighted by molar-refractivity contribution is 6.12. The van der Waals surface area contributed by atoms with E-state index in [9.17, 15) is 0 Å². The van der Waals surface area contributed by atoms with E-state index in [4.69, 9.17) is 9.73 Å². The number of fused-ring (bicyclic) bond motifs is 1. The van der Waals surface area contributed by atoms with Gasteiger partial charge in [0.25, 0.3) is 0 Å². The zero-order valence-electron chi connectivity index (χ0n) is 16.7. The lowest BCUT2D eigenvalue weighted by atomic mass is 9.83. The molecular weight excluding hydrogens is 358 g/mol. The first kappa shape index (κ1) is 18.2. The number of benzene rings is 2. The molecule has 148 valence electrons. The molecule has 0 bridgehead atoms. The van der Waals surface area contributed by atoms with E-state index in [1.165, 1.54) is 54.5 Å². The maximum Gasteiger partial charge on any atom is 0.144 e. The minimum absolute atomic E-state index is 0.587. The minimum Gasteiger partial charge on any atom is -0.489 e. The van der Waals surface area contributed by atoms with Gasteiger partial charge in [-0.15, -0.1) is 0 Å². The van der Waals surface area contributed by atoms with Crippen LogP contribution in [-0.2, 0) is 6.61 Å². The molecule has 3 aliphatic rings. The smallest absolute Gasteiger partial charge is 0.144 e. The van der Waals surface area contributed by atoms with Crippen molar-refractivity contribution >= 4 is 11.8 Å². The van der Waals surface area contributed by atoms with E-state index in [0.29, 0.717) is 12.5 Å². The van der Waals surface area contributed by atoms with Crippen molar-refractivity contribution in [3.05, 3.63) is 83.3 Å². The standard InChI is InChI=1S/C25H27N3O/c1-3-7-19(8-4-1)18-29-22-13-11-20(12-14-22)23-17-26-24-15-16-27-28(24)25(23)21-9-5-2-6-10-21/h1,3-4,7-8,11-15,17,21,27H,2,5-6,9-10,16,18H2. The van der Waals surface area contributed by atoms with E-state index in [0.717, 1.165) is 18.1 Å². The summed E-state index contributed by atoms with van der Waals surface area (Å²) in [6.07, 6.45) is 10.7. The zero-order chi connectivity index (χ0) is 19.5. The Labute approximate surface area is 172 Å². The summed E-state index contributed by atoms with van der Waals surface area (Å²) >= 11 is 0. The average molecular weight is 386 g/mol. The number of aliphatic imine (C=N–C) groups is 1. The summed E-state index contributed by atoms with van der Waals surface area (Å²) in [5.41, 5.74) is 8.51. The van der Waals surface area contributed by atoms with Gasteiger partial charge in [0.1, 0.15) is 18.2 Å². The molecule has 0 aromatic heterocycles. The molecule has 0 amide bonds. The Morgan fingerprint density at radius 3 is 2.55 bits per heavy atom. The molecule has 0 atom stereocenters. The van der Waals surface area contributed by atoms with Crippen LogP contribution in [0, 0.1) is 5.92 Å². The third-order valence-corrected chi connectivity index (χ3v) is 6.01. The molecule has 0 saturated heterocycles. The van der Waals surface area contributed by atoms with Gasteiger partial charge in [-0.2, -0.15) is 0 Å². The maximum absolute atomic E-state index is 5.97. The summed E-state index contributed by atoms with van der Waals surface area (Å²) in [7, 11) is 0. The second-order valence-corrected chi connectivity index (χ2v) is 7.95. The molecule has 1 N–H and O–H groups in total. The van der Waals surface area contributed by atoms with Gasteiger partial charge in [0.15, 0.2) is 0 Å². The number of ether oxygens (including phenoxy) is 1. The molecule has 1 fully saturated rings. The molecule has 0 radical (unpaired) electrons. The molecule has 4 nitrogen and oxygen atoms in total. The summed E-state index contributed by atoms with van der Waals surface area (Å²) in [4.78, 5) is 4.70. The summed E-state index contributed by atoms with van der Waals surface area (Å²) in [6, 6.07) is 18.7. The van der Waals surface area contributed by atoms with Crippen LogP contribution in [0.3, 0.4) is 0 Å². The molecule has 4 heteroatoms. The van der Waals surface area contributed by atoms with Crippen LogP contribution in [0.5, 0.6) is 5.75 Å². The fourth-order valence-electron chi connectivity index (χ4n) is 4.51. The van der Waals surface area contributed by atoms with Crippen LogP contribution in [0.4, 0.5) is 0 Å². The quantitative estimate of drug-likeness (QED) is 0.758. The van der Waals surface area contributed by atoms with Crippen LogP contribution in [0.15, 0.2) is 77.2 Å². The van der Waals surface area contributed by atoms with Crippen molar-refractivity contribution in [2.24, 2.45) is 10.9 Å². The number of nitrogens with one attached hydrogen (secondary N) is 1. The molecule has 1 saturated carbocycles. The minimum atomic E-state index is 0.587. The first-order valence-corrected chi connectivity index (χ1v) is 10.7. The fraction of sp³-hybridized carbons (Fsp3) is 0.320. The Morgan fingerprint density at radius 1 is 0.966 bits per heavy atom. The van der Waals surface area contributed by atoms with E-state index in [1.54, 1.807) is 0 Å². The Morgan fingerprint density at radius 2 is 1.76 bits per heavy atom. The maximum atomic E-state index is 5.97. The Balaban J connectivity index is 1.40. The monoisotopic (exact) mass is 385 g/mol. The van der Waals surface area contributed by atoms with Crippen LogP contribution in [0.2, 0.25) is 0 Å². The van der Waals surface area contributed by atoms with Gasteiger partial charge < -0.3 is 4.74 Å². The van der Waals surface area contributed by atoms with Crippen LogP contribution in [-0.4, -0.2) is 17.8 Å². The summed E-state index contributed by atoms with van der Waals surface area (Å²) < 4.78 is 5.97. The highest BCUT2D eigenvalue weighted by Gasteiger charge is 2.31. The summed E-state index contributed by atoms with van der Waals surface area (Å²) in [5, 5.41) is 2.23. The normalized spacial score (nSPS) is 19.3. The predicted octanol–water partition coefficient (Wildman–Crippen LogP) is 5.30. The average Bonchev–Trinajstić information content (AvgIpc) is 3.28. The van der Waals surface area contributed by atoms with Gasteiger partial charge in [-0.25, -0.2) is 10.4 Å². The van der Waals surface area contributed by atoms with E-state index >= 15 is 0 Å². The predicted molar refractivity (Wildman–Crippen MR) is 117 cm³/mol. The zero-order valence-corrected chi connectivity index (χ0v) is 16.7. The highest BCUT2D eigenvalue weighted by Crippen LogP contribution is 2.39. The number of hydrazine groups is 1. The first-order valence-electron chi connectivity index (χ1n) is 10.7. The lowest BCUT2D eigenvalue weighted by molar-refractivity contribution is 0.271. The Bertz CT molecular complexity index is 938. The molecule has 0 spiro atoms. The first-order chi connectivity index (χ1) is 14.4. The number of rotatable bonds is 5. The lowest BCUT2D eigenvalue weighted by Gasteiger charge is -2.35.